The number of hydrogen-bond donors (Lipinski definition) is 2. The maximum Gasteiger partial charge on any atom is 0.419 e. The zero-order valence-electron chi connectivity index (χ0n) is 23.6. The Morgan fingerprint density at radius 1 is 1.12 bits per heavy atom. The number of carbonyl (C=O) groups is 2. The monoisotopic (exact) mass is 583 g/mol. The number of hydrogen-bond acceptors (Lipinski definition) is 7. The predicted molar refractivity (Wildman–Crippen MR) is 152 cm³/mol. The normalized spacial score (nSPS) is 14.9. The Balaban J connectivity index is 1.33. The Kier molecular flexibility index (Phi) is 8.10. The SMILES string of the molecule is COc1cc(N2CCN(C(=O)N(C)C)CC2)ccc1Nc1ncc(C(F)(F)F)c(CCc2cccc3c2CC(=O)N3)n1. The van der Waals surface area contributed by atoms with Crippen LogP contribution in [0.1, 0.15) is 22.4 Å². The number of nitrogens with one attached hydrogen (secondary N) is 2. The fourth-order valence-corrected chi connectivity index (χ4v) is 5.25. The van der Waals surface area contributed by atoms with E-state index in [2.05, 4.69) is 25.5 Å². The standard InChI is InChI=1S/C29H32F3N7O3/c1-37(2)28(41)39-13-11-38(12-14-39)19-8-10-24(25(15-19)42-3)36-27-33-17-21(29(30,31)32)23(35-27)9-7-18-5-4-6-22-20(18)16-26(40)34-22/h4-6,8,10,15,17H,7,9,11-14,16H2,1-3H3,(H,34,40)(H,33,35,36). The Hall–Kier alpha value is -4.55. The molecule has 0 aliphatic carbocycles. The van der Waals surface area contributed by atoms with E-state index in [9.17, 15) is 22.8 Å². The zero-order valence-corrected chi connectivity index (χ0v) is 23.6. The van der Waals surface area contributed by atoms with Crippen LogP contribution in [-0.4, -0.2) is 79.1 Å². The first-order valence-corrected chi connectivity index (χ1v) is 13.5. The summed E-state index contributed by atoms with van der Waals surface area (Å²) in [6.07, 6.45) is -3.34. The first-order valence-electron chi connectivity index (χ1n) is 13.5. The second-order valence-electron chi connectivity index (χ2n) is 10.4. The first-order chi connectivity index (χ1) is 20.0. The van der Waals surface area contributed by atoms with E-state index in [0.717, 1.165) is 23.0 Å². The summed E-state index contributed by atoms with van der Waals surface area (Å²) in [5.41, 5.74) is 2.65. The molecule has 3 amide bonds. The minimum atomic E-state index is -4.62. The highest BCUT2D eigenvalue weighted by Crippen LogP contribution is 2.35. The number of halogens is 3. The number of piperazine rings is 1. The predicted octanol–water partition coefficient (Wildman–Crippen LogP) is 4.33. The molecule has 0 unspecified atom stereocenters. The van der Waals surface area contributed by atoms with E-state index in [1.54, 1.807) is 42.1 Å². The average molecular weight is 584 g/mol. The molecule has 2 N–H and O–H groups in total. The van der Waals surface area contributed by atoms with Gasteiger partial charge in [-0.15, -0.1) is 0 Å². The van der Waals surface area contributed by atoms with Gasteiger partial charge in [-0.25, -0.2) is 14.8 Å². The lowest BCUT2D eigenvalue weighted by molar-refractivity contribution is -0.138. The summed E-state index contributed by atoms with van der Waals surface area (Å²) >= 11 is 0. The smallest absolute Gasteiger partial charge is 0.419 e. The van der Waals surface area contributed by atoms with Crippen LogP contribution in [0.3, 0.4) is 0 Å². The number of anilines is 4. The highest BCUT2D eigenvalue weighted by molar-refractivity contribution is 5.99. The van der Waals surface area contributed by atoms with Gasteiger partial charge in [0.05, 0.1) is 30.5 Å². The number of nitrogens with zero attached hydrogens (tertiary/aromatic N) is 5. The number of alkyl halides is 3. The minimum Gasteiger partial charge on any atom is -0.494 e. The number of rotatable bonds is 7. The third kappa shape index (κ3) is 6.19. The van der Waals surface area contributed by atoms with Gasteiger partial charge in [0.1, 0.15) is 5.75 Å². The highest BCUT2D eigenvalue weighted by Gasteiger charge is 2.35. The van der Waals surface area contributed by atoms with E-state index in [-0.39, 0.29) is 42.8 Å². The quantitative estimate of drug-likeness (QED) is 0.427. The Morgan fingerprint density at radius 3 is 2.57 bits per heavy atom. The van der Waals surface area contributed by atoms with Crippen molar-refractivity contribution in [1.82, 2.24) is 19.8 Å². The topological polar surface area (TPSA) is 103 Å². The number of carbonyl (C=O) groups excluding carboxylic acids is 2. The molecule has 2 aliphatic heterocycles. The van der Waals surface area contributed by atoms with Gasteiger partial charge in [0.25, 0.3) is 0 Å². The van der Waals surface area contributed by atoms with Crippen LogP contribution < -0.4 is 20.3 Å². The fourth-order valence-electron chi connectivity index (χ4n) is 5.25. The summed E-state index contributed by atoms with van der Waals surface area (Å²) < 4.78 is 47.1. The van der Waals surface area contributed by atoms with E-state index in [1.165, 1.54) is 7.11 Å². The second kappa shape index (κ2) is 11.7. The number of aryl methyl sites for hydroxylation is 2. The number of amides is 3. The van der Waals surface area contributed by atoms with Crippen molar-refractivity contribution in [2.45, 2.75) is 25.4 Å². The van der Waals surface area contributed by atoms with Crippen LogP contribution in [0.4, 0.5) is 41.0 Å². The van der Waals surface area contributed by atoms with Crippen LogP contribution >= 0.6 is 0 Å². The minimum absolute atomic E-state index is 0.00899. The van der Waals surface area contributed by atoms with Crippen LogP contribution in [0.15, 0.2) is 42.6 Å². The molecule has 0 radical (unpaired) electrons. The van der Waals surface area contributed by atoms with E-state index < -0.39 is 11.7 Å². The number of methoxy groups -OCH3 is 1. The average Bonchev–Trinajstić information content (AvgIpc) is 3.36. The van der Waals surface area contributed by atoms with Crippen LogP contribution in [0.25, 0.3) is 0 Å². The summed E-state index contributed by atoms with van der Waals surface area (Å²) in [5, 5.41) is 5.77. The van der Waals surface area contributed by atoms with Crippen LogP contribution in [-0.2, 0) is 30.2 Å². The Labute approximate surface area is 241 Å². The maximum absolute atomic E-state index is 13.8. The summed E-state index contributed by atoms with van der Waals surface area (Å²) in [6, 6.07) is 10.8. The first kappa shape index (κ1) is 29.0. The van der Waals surface area contributed by atoms with Crippen molar-refractivity contribution in [3.8, 4) is 5.75 Å². The van der Waals surface area contributed by atoms with Gasteiger partial charge in [0.2, 0.25) is 11.9 Å². The fraction of sp³-hybridized carbons (Fsp3) is 0.379. The van der Waals surface area contributed by atoms with Crippen molar-refractivity contribution in [3.63, 3.8) is 0 Å². The molecule has 3 heterocycles. The molecule has 222 valence electrons. The van der Waals surface area contributed by atoms with Gasteiger partial charge < -0.3 is 30.1 Å². The van der Waals surface area contributed by atoms with Crippen LogP contribution in [0, 0.1) is 0 Å². The van der Waals surface area contributed by atoms with Gasteiger partial charge >= 0.3 is 12.2 Å². The van der Waals surface area contributed by atoms with Crippen LogP contribution in [0.5, 0.6) is 5.75 Å². The van der Waals surface area contributed by atoms with Gasteiger partial charge in [-0.05, 0) is 42.2 Å². The molecule has 1 saturated heterocycles. The molecule has 2 aromatic carbocycles. The molecule has 0 atom stereocenters. The molecule has 0 spiro atoms. The van der Waals surface area contributed by atoms with E-state index in [4.69, 9.17) is 4.74 Å². The third-order valence-electron chi connectivity index (χ3n) is 7.42. The lowest BCUT2D eigenvalue weighted by Gasteiger charge is -2.37. The second-order valence-corrected chi connectivity index (χ2v) is 10.4. The van der Waals surface area contributed by atoms with Crippen molar-refractivity contribution in [2.24, 2.45) is 0 Å². The highest BCUT2D eigenvalue weighted by atomic mass is 19.4. The number of ether oxygens (including phenoxy) is 1. The molecule has 13 heteroatoms. The number of fused-ring (bicyclic) bond motifs is 1. The summed E-state index contributed by atoms with van der Waals surface area (Å²) in [4.78, 5) is 37.8. The lowest BCUT2D eigenvalue weighted by atomic mass is 9.98. The van der Waals surface area contributed by atoms with Gasteiger partial charge in [0.15, 0.2) is 0 Å². The molecule has 42 heavy (non-hydrogen) atoms. The van der Waals surface area contributed by atoms with Crippen molar-refractivity contribution in [2.75, 3.05) is 62.9 Å². The van der Waals surface area contributed by atoms with Crippen molar-refractivity contribution < 1.29 is 27.5 Å². The lowest BCUT2D eigenvalue weighted by Crippen LogP contribution is -2.51. The number of urea groups is 1. The summed E-state index contributed by atoms with van der Waals surface area (Å²) in [5.74, 6) is 0.347. The number of benzene rings is 2. The summed E-state index contributed by atoms with van der Waals surface area (Å²) in [6.45, 7) is 2.46. The van der Waals surface area contributed by atoms with Crippen molar-refractivity contribution >= 4 is 34.9 Å². The van der Waals surface area contributed by atoms with Crippen LogP contribution in [0.2, 0.25) is 0 Å². The zero-order chi connectivity index (χ0) is 30.0. The Bertz CT molecular complexity index is 1490. The third-order valence-corrected chi connectivity index (χ3v) is 7.42. The molecule has 0 saturated carbocycles. The van der Waals surface area contributed by atoms with Crippen molar-refractivity contribution in [1.29, 1.82) is 0 Å². The summed E-state index contributed by atoms with van der Waals surface area (Å²) in [7, 11) is 4.96. The van der Waals surface area contributed by atoms with Gasteiger partial charge in [0, 0.05) is 63.9 Å². The van der Waals surface area contributed by atoms with E-state index >= 15 is 0 Å². The maximum atomic E-state index is 13.8. The molecular weight excluding hydrogens is 551 g/mol. The molecule has 3 aromatic rings. The van der Waals surface area contributed by atoms with Gasteiger partial charge in [-0.1, -0.05) is 12.1 Å². The number of aromatic nitrogens is 2. The van der Waals surface area contributed by atoms with E-state index in [0.29, 0.717) is 43.3 Å². The largest absolute Gasteiger partial charge is 0.494 e. The molecule has 10 nitrogen and oxygen atoms in total. The molecule has 0 bridgehead atoms. The molecule has 1 aromatic heterocycles. The van der Waals surface area contributed by atoms with Gasteiger partial charge in [-0.2, -0.15) is 13.2 Å². The molecule has 1 fully saturated rings. The van der Waals surface area contributed by atoms with Crippen molar-refractivity contribution in [3.05, 3.63) is 65.0 Å². The molecule has 5 rings (SSSR count). The van der Waals surface area contributed by atoms with E-state index in [1.807, 2.05) is 18.2 Å². The molecular formula is C29H32F3N7O3. The molecule has 2 aliphatic rings. The Morgan fingerprint density at radius 2 is 1.88 bits per heavy atom. The van der Waals surface area contributed by atoms with Gasteiger partial charge in [-0.3, -0.25) is 4.79 Å².